The first-order chi connectivity index (χ1) is 15.0. The fraction of sp³-hybridized carbons (Fsp3) is 0.238. The maximum absolute atomic E-state index is 12.9. The molecule has 0 aliphatic carbocycles. The molecule has 3 rings (SSSR count). The summed E-state index contributed by atoms with van der Waals surface area (Å²) in [5, 5.41) is 10.4. The van der Waals surface area contributed by atoms with Gasteiger partial charge in [-0.1, -0.05) is 35.3 Å². The van der Waals surface area contributed by atoms with Crippen LogP contribution in [0.15, 0.2) is 55.1 Å². The lowest BCUT2D eigenvalue weighted by Gasteiger charge is -2.19. The van der Waals surface area contributed by atoms with Crippen LogP contribution in [0.1, 0.15) is 22.3 Å². The molecule has 1 aromatic heterocycles. The van der Waals surface area contributed by atoms with Gasteiger partial charge in [0.15, 0.2) is 0 Å². The van der Waals surface area contributed by atoms with Crippen molar-refractivity contribution in [2.45, 2.75) is 19.0 Å². The lowest BCUT2D eigenvalue weighted by molar-refractivity contribution is -0.118. The Morgan fingerprint density at radius 2 is 2.03 bits per heavy atom. The number of hydrogen-bond acceptors (Lipinski definition) is 5. The fourth-order valence-electron chi connectivity index (χ4n) is 2.89. The Hall–Kier alpha value is -2.55. The number of thioether (sulfide) groups is 1. The van der Waals surface area contributed by atoms with Crippen molar-refractivity contribution in [3.63, 3.8) is 0 Å². The molecule has 1 heterocycles. The third-order valence-corrected chi connectivity index (χ3v) is 5.61. The molecule has 0 spiro atoms. The second kappa shape index (κ2) is 11.2. The summed E-state index contributed by atoms with van der Waals surface area (Å²) in [7, 11) is 0. The van der Waals surface area contributed by atoms with Crippen LogP contribution in [0.25, 0.3) is 0 Å². The molecule has 10 heteroatoms. The number of hydrogen-bond donors (Lipinski definition) is 2. The predicted molar refractivity (Wildman–Crippen MR) is 125 cm³/mol. The molecule has 1 atom stereocenters. The van der Waals surface area contributed by atoms with Crippen LogP contribution in [0.5, 0.6) is 0 Å². The van der Waals surface area contributed by atoms with Crippen LogP contribution < -0.4 is 10.6 Å². The standard InChI is InChI=1S/C21H21Cl2N5O2S/c1-31-8-7-19(27-20(29)17-6-5-15(22)10-18(17)23)21(30)26-16-4-2-3-14(9-16)11-28-13-24-12-25-28/h2-6,9-10,12-13,19H,7-8,11H2,1H3,(H,26,30)(H,27,29). The van der Waals surface area contributed by atoms with E-state index in [4.69, 9.17) is 23.2 Å². The topological polar surface area (TPSA) is 88.9 Å². The number of amides is 2. The van der Waals surface area contributed by atoms with Crippen LogP contribution in [0.2, 0.25) is 10.0 Å². The molecule has 2 aromatic carbocycles. The van der Waals surface area contributed by atoms with Gasteiger partial charge >= 0.3 is 0 Å². The van der Waals surface area contributed by atoms with Crippen molar-refractivity contribution >= 4 is 52.5 Å². The number of nitrogens with zero attached hydrogens (tertiary/aromatic N) is 3. The van der Waals surface area contributed by atoms with Crippen molar-refractivity contribution in [2.75, 3.05) is 17.3 Å². The largest absolute Gasteiger partial charge is 0.340 e. The summed E-state index contributed by atoms with van der Waals surface area (Å²) in [5.41, 5.74) is 1.86. The molecule has 7 nitrogen and oxygen atoms in total. The van der Waals surface area contributed by atoms with E-state index in [1.54, 1.807) is 34.9 Å². The predicted octanol–water partition coefficient (Wildman–Crippen LogP) is 4.12. The van der Waals surface area contributed by atoms with Crippen molar-refractivity contribution in [1.29, 1.82) is 0 Å². The zero-order valence-electron chi connectivity index (χ0n) is 16.7. The van der Waals surface area contributed by atoms with Crippen LogP contribution in [0.3, 0.4) is 0 Å². The Labute approximate surface area is 194 Å². The number of anilines is 1. The molecule has 0 bridgehead atoms. The Morgan fingerprint density at radius 1 is 1.19 bits per heavy atom. The first kappa shape index (κ1) is 23.1. The Balaban J connectivity index is 1.70. The maximum Gasteiger partial charge on any atom is 0.253 e. The van der Waals surface area contributed by atoms with Gasteiger partial charge in [-0.05, 0) is 54.3 Å². The molecule has 0 radical (unpaired) electrons. The second-order valence-electron chi connectivity index (χ2n) is 6.71. The van der Waals surface area contributed by atoms with E-state index in [9.17, 15) is 9.59 Å². The van der Waals surface area contributed by atoms with Crippen molar-refractivity contribution in [3.8, 4) is 0 Å². The van der Waals surface area contributed by atoms with E-state index in [2.05, 4.69) is 20.7 Å². The van der Waals surface area contributed by atoms with Crippen LogP contribution in [0.4, 0.5) is 5.69 Å². The molecular formula is C21H21Cl2N5O2S. The average molecular weight is 478 g/mol. The van der Waals surface area contributed by atoms with Crippen molar-refractivity contribution < 1.29 is 9.59 Å². The first-order valence-corrected chi connectivity index (χ1v) is 11.6. The summed E-state index contributed by atoms with van der Waals surface area (Å²) in [4.78, 5) is 29.6. The second-order valence-corrected chi connectivity index (χ2v) is 8.54. The molecule has 2 N–H and O–H groups in total. The number of aromatic nitrogens is 3. The third kappa shape index (κ3) is 6.72. The lowest BCUT2D eigenvalue weighted by atomic mass is 10.1. The maximum atomic E-state index is 12.9. The van der Waals surface area contributed by atoms with Gasteiger partial charge in [0.25, 0.3) is 5.91 Å². The van der Waals surface area contributed by atoms with Gasteiger partial charge in [0.2, 0.25) is 5.91 Å². The van der Waals surface area contributed by atoms with Gasteiger partial charge < -0.3 is 10.6 Å². The highest BCUT2D eigenvalue weighted by Gasteiger charge is 2.22. The number of carbonyl (C=O) groups is 2. The highest BCUT2D eigenvalue weighted by molar-refractivity contribution is 7.98. The molecule has 0 aliphatic heterocycles. The lowest BCUT2D eigenvalue weighted by Crippen LogP contribution is -2.44. The zero-order chi connectivity index (χ0) is 22.2. The van der Waals surface area contributed by atoms with Crippen LogP contribution in [-0.2, 0) is 11.3 Å². The molecule has 2 amide bonds. The van der Waals surface area contributed by atoms with Crippen molar-refractivity contribution in [3.05, 3.63) is 76.3 Å². The summed E-state index contributed by atoms with van der Waals surface area (Å²) < 4.78 is 1.69. The van der Waals surface area contributed by atoms with E-state index in [1.165, 1.54) is 18.5 Å². The molecule has 31 heavy (non-hydrogen) atoms. The summed E-state index contributed by atoms with van der Waals surface area (Å²) in [6.45, 7) is 0.533. The molecule has 162 valence electrons. The molecular weight excluding hydrogens is 457 g/mol. The van der Waals surface area contributed by atoms with E-state index in [0.717, 1.165) is 5.56 Å². The first-order valence-electron chi connectivity index (χ1n) is 9.43. The van der Waals surface area contributed by atoms with E-state index in [1.807, 2.05) is 24.5 Å². The molecule has 0 aliphatic rings. The minimum absolute atomic E-state index is 0.231. The monoisotopic (exact) mass is 477 g/mol. The smallest absolute Gasteiger partial charge is 0.253 e. The Kier molecular flexibility index (Phi) is 8.34. The fourth-order valence-corrected chi connectivity index (χ4v) is 3.86. The minimum Gasteiger partial charge on any atom is -0.340 e. The zero-order valence-corrected chi connectivity index (χ0v) is 19.0. The van der Waals surface area contributed by atoms with Crippen LogP contribution in [-0.4, -0.2) is 44.6 Å². The number of halogens is 2. The molecule has 1 unspecified atom stereocenters. The van der Waals surface area contributed by atoms with Gasteiger partial charge in [0.05, 0.1) is 17.1 Å². The van der Waals surface area contributed by atoms with Crippen molar-refractivity contribution in [2.24, 2.45) is 0 Å². The minimum atomic E-state index is -0.717. The van der Waals surface area contributed by atoms with Crippen LogP contribution >= 0.6 is 35.0 Å². The van der Waals surface area contributed by atoms with Crippen molar-refractivity contribution in [1.82, 2.24) is 20.1 Å². The van der Waals surface area contributed by atoms with Gasteiger partial charge in [0, 0.05) is 10.7 Å². The summed E-state index contributed by atoms with van der Waals surface area (Å²) in [6, 6.07) is 11.4. The van der Waals surface area contributed by atoms with Gasteiger partial charge in [-0.15, -0.1) is 0 Å². The van der Waals surface area contributed by atoms with Crippen LogP contribution in [0, 0.1) is 0 Å². The summed E-state index contributed by atoms with van der Waals surface area (Å²) >= 11 is 13.6. The molecule has 0 saturated carbocycles. The number of benzene rings is 2. The third-order valence-electron chi connectivity index (χ3n) is 4.41. The average Bonchev–Trinajstić information content (AvgIpc) is 3.24. The molecule has 0 saturated heterocycles. The molecule has 0 fully saturated rings. The van der Waals surface area contributed by atoms with Gasteiger partial charge in [-0.2, -0.15) is 16.9 Å². The summed E-state index contributed by atoms with van der Waals surface area (Å²) in [5.74, 6) is -0.0211. The summed E-state index contributed by atoms with van der Waals surface area (Å²) in [6.07, 6.45) is 5.52. The highest BCUT2D eigenvalue weighted by atomic mass is 35.5. The number of nitrogens with one attached hydrogen (secondary N) is 2. The Bertz CT molecular complexity index is 1050. The normalized spacial score (nSPS) is 11.7. The number of carbonyl (C=O) groups excluding carboxylic acids is 2. The van der Waals surface area contributed by atoms with E-state index in [0.29, 0.717) is 29.4 Å². The van der Waals surface area contributed by atoms with E-state index in [-0.39, 0.29) is 16.5 Å². The van der Waals surface area contributed by atoms with Gasteiger partial charge in [0.1, 0.15) is 18.7 Å². The number of rotatable bonds is 9. The van der Waals surface area contributed by atoms with E-state index >= 15 is 0 Å². The quantitative estimate of drug-likeness (QED) is 0.483. The highest BCUT2D eigenvalue weighted by Crippen LogP contribution is 2.21. The Morgan fingerprint density at radius 3 is 2.74 bits per heavy atom. The SMILES string of the molecule is CSCCC(NC(=O)c1ccc(Cl)cc1Cl)C(=O)Nc1cccc(Cn2cncn2)c1. The molecule has 3 aromatic rings. The van der Waals surface area contributed by atoms with Gasteiger partial charge in [-0.3, -0.25) is 9.59 Å². The van der Waals surface area contributed by atoms with Gasteiger partial charge in [-0.25, -0.2) is 9.67 Å². The van der Waals surface area contributed by atoms with E-state index < -0.39 is 11.9 Å².